The normalized spacial score (nSPS) is 17.8. The molecule has 0 spiro atoms. The van der Waals surface area contributed by atoms with Crippen LogP contribution in [0.25, 0.3) is 0 Å². The Kier molecular flexibility index (Phi) is 4.71. The van der Waals surface area contributed by atoms with Crippen molar-refractivity contribution in [3.8, 4) is 0 Å². The van der Waals surface area contributed by atoms with Gasteiger partial charge in [0.15, 0.2) is 5.78 Å². The Labute approximate surface area is 114 Å². The first-order chi connectivity index (χ1) is 9.08. The maximum Gasteiger partial charge on any atom is 0.152 e. The number of rotatable bonds is 5. The largest absolute Gasteiger partial charge is 0.328 e. The van der Waals surface area contributed by atoms with Crippen LogP contribution in [0.15, 0.2) is 6.07 Å². The third-order valence-corrected chi connectivity index (χ3v) is 3.80. The Morgan fingerprint density at radius 2 is 2.16 bits per heavy atom. The fourth-order valence-electron chi connectivity index (χ4n) is 2.53. The molecule has 1 aromatic rings. The molecule has 2 heterocycles. The van der Waals surface area contributed by atoms with Crippen LogP contribution in [0.3, 0.4) is 0 Å². The minimum absolute atomic E-state index is 0.265. The van der Waals surface area contributed by atoms with Crippen molar-refractivity contribution < 1.29 is 4.79 Å². The zero-order valence-corrected chi connectivity index (χ0v) is 11.9. The topological polar surface area (TPSA) is 64.2 Å². The molecule has 5 nitrogen and oxygen atoms in total. The fourth-order valence-corrected chi connectivity index (χ4v) is 2.53. The minimum atomic E-state index is 0.265. The standard InChI is InChI=1S/C14H24N4O/c1-3-12-8-13(17(2)16-12)9-14(19)10-18-6-4-11(15)5-7-18/h8,11H,3-7,9-10,15H2,1-2H3. The van der Waals surface area contributed by atoms with Crippen LogP contribution in [0.4, 0.5) is 0 Å². The van der Waals surface area contributed by atoms with E-state index in [2.05, 4.69) is 16.9 Å². The summed E-state index contributed by atoms with van der Waals surface area (Å²) in [6.07, 6.45) is 3.38. The number of carbonyl (C=O) groups is 1. The average molecular weight is 264 g/mol. The first-order valence-electron chi connectivity index (χ1n) is 7.10. The number of hydrogen-bond donors (Lipinski definition) is 1. The summed E-state index contributed by atoms with van der Waals surface area (Å²) in [6, 6.07) is 2.35. The van der Waals surface area contributed by atoms with Crippen molar-refractivity contribution in [3.63, 3.8) is 0 Å². The average Bonchev–Trinajstić information content (AvgIpc) is 2.73. The molecule has 2 N–H and O–H groups in total. The molecule has 0 aliphatic carbocycles. The third kappa shape index (κ3) is 3.88. The molecule has 0 saturated carbocycles. The van der Waals surface area contributed by atoms with Gasteiger partial charge in [-0.25, -0.2) is 0 Å². The highest BCUT2D eigenvalue weighted by Gasteiger charge is 2.19. The molecule has 0 aromatic carbocycles. The molecular formula is C14H24N4O. The zero-order chi connectivity index (χ0) is 13.8. The molecule has 2 rings (SSSR count). The van der Waals surface area contributed by atoms with Crippen molar-refractivity contribution in [2.24, 2.45) is 12.8 Å². The summed E-state index contributed by atoms with van der Waals surface area (Å²) in [7, 11) is 1.90. The van der Waals surface area contributed by atoms with Gasteiger partial charge in [0.1, 0.15) is 0 Å². The van der Waals surface area contributed by atoms with Crippen LogP contribution in [0.5, 0.6) is 0 Å². The summed E-state index contributed by atoms with van der Waals surface area (Å²) < 4.78 is 1.82. The molecule has 0 amide bonds. The molecule has 19 heavy (non-hydrogen) atoms. The Hall–Kier alpha value is -1.20. The summed E-state index contributed by atoms with van der Waals surface area (Å²) in [5.41, 5.74) is 7.93. The lowest BCUT2D eigenvalue weighted by Crippen LogP contribution is -2.42. The number of ketones is 1. The van der Waals surface area contributed by atoms with Crippen molar-refractivity contribution in [3.05, 3.63) is 17.5 Å². The lowest BCUT2D eigenvalue weighted by atomic mass is 10.1. The summed E-state index contributed by atoms with van der Waals surface area (Å²) >= 11 is 0. The monoisotopic (exact) mass is 264 g/mol. The molecule has 0 unspecified atom stereocenters. The fraction of sp³-hybridized carbons (Fsp3) is 0.714. The van der Waals surface area contributed by atoms with E-state index in [1.54, 1.807) is 0 Å². The van der Waals surface area contributed by atoms with E-state index in [0.29, 0.717) is 19.0 Å². The van der Waals surface area contributed by atoms with E-state index in [4.69, 9.17) is 5.73 Å². The van der Waals surface area contributed by atoms with Gasteiger partial charge in [-0.1, -0.05) is 6.92 Å². The van der Waals surface area contributed by atoms with Gasteiger partial charge in [-0.2, -0.15) is 5.10 Å². The number of hydrogen-bond acceptors (Lipinski definition) is 4. The van der Waals surface area contributed by atoms with E-state index in [1.807, 2.05) is 17.8 Å². The molecule has 1 fully saturated rings. The van der Waals surface area contributed by atoms with Crippen LogP contribution < -0.4 is 5.73 Å². The van der Waals surface area contributed by atoms with Crippen LogP contribution in [0.2, 0.25) is 0 Å². The number of aryl methyl sites for hydroxylation is 2. The van der Waals surface area contributed by atoms with E-state index in [1.165, 1.54) is 0 Å². The van der Waals surface area contributed by atoms with Gasteiger partial charge in [-0.05, 0) is 25.3 Å². The summed E-state index contributed by atoms with van der Waals surface area (Å²) in [5.74, 6) is 0.265. The van der Waals surface area contributed by atoms with Gasteiger partial charge in [-0.15, -0.1) is 0 Å². The van der Waals surface area contributed by atoms with Crippen molar-refractivity contribution in [2.75, 3.05) is 19.6 Å². The molecule has 1 aliphatic heterocycles. The van der Waals surface area contributed by atoms with Crippen LogP contribution in [-0.2, 0) is 24.7 Å². The van der Waals surface area contributed by atoms with E-state index in [0.717, 1.165) is 43.7 Å². The van der Waals surface area contributed by atoms with Crippen LogP contribution >= 0.6 is 0 Å². The number of piperidine rings is 1. The van der Waals surface area contributed by atoms with Gasteiger partial charge in [0.2, 0.25) is 0 Å². The lowest BCUT2D eigenvalue weighted by Gasteiger charge is -2.29. The molecule has 1 aromatic heterocycles. The van der Waals surface area contributed by atoms with Gasteiger partial charge in [0.25, 0.3) is 0 Å². The van der Waals surface area contributed by atoms with Crippen molar-refractivity contribution in [2.45, 2.75) is 38.6 Å². The Bertz CT molecular complexity index is 433. The second-order valence-corrected chi connectivity index (χ2v) is 5.43. The van der Waals surface area contributed by atoms with E-state index >= 15 is 0 Å². The highest BCUT2D eigenvalue weighted by molar-refractivity contribution is 5.82. The van der Waals surface area contributed by atoms with E-state index < -0.39 is 0 Å². The second kappa shape index (κ2) is 6.30. The minimum Gasteiger partial charge on any atom is -0.328 e. The molecular weight excluding hydrogens is 240 g/mol. The van der Waals surface area contributed by atoms with Gasteiger partial charge in [0.05, 0.1) is 12.2 Å². The number of nitrogens with two attached hydrogens (primary N) is 1. The predicted molar refractivity (Wildman–Crippen MR) is 74.9 cm³/mol. The Morgan fingerprint density at radius 3 is 2.74 bits per heavy atom. The van der Waals surface area contributed by atoms with Crippen molar-refractivity contribution >= 4 is 5.78 Å². The highest BCUT2D eigenvalue weighted by atomic mass is 16.1. The molecule has 0 radical (unpaired) electrons. The number of Topliss-reactive ketones (excluding diaryl/α,β-unsaturated/α-hetero) is 1. The molecule has 106 valence electrons. The molecule has 5 heteroatoms. The molecule has 1 saturated heterocycles. The van der Waals surface area contributed by atoms with E-state index in [9.17, 15) is 4.79 Å². The first-order valence-corrected chi connectivity index (χ1v) is 7.10. The van der Waals surface area contributed by atoms with Crippen LogP contribution in [-0.4, -0.2) is 46.1 Å². The SMILES string of the molecule is CCc1cc(CC(=O)CN2CCC(N)CC2)n(C)n1. The number of aromatic nitrogens is 2. The van der Waals surface area contributed by atoms with Crippen LogP contribution in [0.1, 0.15) is 31.2 Å². The molecule has 0 atom stereocenters. The van der Waals surface area contributed by atoms with Gasteiger partial charge < -0.3 is 5.73 Å². The molecule has 0 bridgehead atoms. The first kappa shape index (κ1) is 14.2. The predicted octanol–water partition coefficient (Wildman–Crippen LogP) is 0.517. The Balaban J connectivity index is 1.85. The maximum atomic E-state index is 12.1. The quantitative estimate of drug-likeness (QED) is 0.842. The van der Waals surface area contributed by atoms with Gasteiger partial charge in [0, 0.05) is 38.3 Å². The summed E-state index contributed by atoms with van der Waals surface area (Å²) in [5, 5.41) is 4.37. The lowest BCUT2D eigenvalue weighted by molar-refractivity contribution is -0.119. The zero-order valence-electron chi connectivity index (χ0n) is 11.9. The summed E-state index contributed by atoms with van der Waals surface area (Å²) in [6.45, 7) is 4.50. The van der Waals surface area contributed by atoms with Gasteiger partial charge in [-0.3, -0.25) is 14.4 Å². The van der Waals surface area contributed by atoms with Crippen molar-refractivity contribution in [1.29, 1.82) is 0 Å². The third-order valence-electron chi connectivity index (χ3n) is 3.80. The van der Waals surface area contributed by atoms with Gasteiger partial charge >= 0.3 is 0 Å². The molecule has 1 aliphatic rings. The number of nitrogens with zero attached hydrogens (tertiary/aromatic N) is 3. The smallest absolute Gasteiger partial charge is 0.152 e. The number of likely N-dealkylation sites (tertiary alicyclic amines) is 1. The highest BCUT2D eigenvalue weighted by Crippen LogP contribution is 2.09. The second-order valence-electron chi connectivity index (χ2n) is 5.43. The van der Waals surface area contributed by atoms with Crippen molar-refractivity contribution in [1.82, 2.24) is 14.7 Å². The Morgan fingerprint density at radius 1 is 1.47 bits per heavy atom. The number of carbonyl (C=O) groups excluding carboxylic acids is 1. The van der Waals surface area contributed by atoms with E-state index in [-0.39, 0.29) is 5.78 Å². The maximum absolute atomic E-state index is 12.1. The van der Waals surface area contributed by atoms with Crippen LogP contribution in [0, 0.1) is 0 Å². The summed E-state index contributed by atoms with van der Waals surface area (Å²) in [4.78, 5) is 14.3.